The maximum Gasteiger partial charge on any atom is 0.333 e. The van der Waals surface area contributed by atoms with Gasteiger partial charge in [0.05, 0.1) is 0 Å². The molecule has 0 bridgehead atoms. The van der Waals surface area contributed by atoms with E-state index in [4.69, 9.17) is 14.2 Å². The lowest BCUT2D eigenvalue weighted by Gasteiger charge is -2.30. The van der Waals surface area contributed by atoms with E-state index >= 15 is 0 Å². The van der Waals surface area contributed by atoms with Gasteiger partial charge in [-0.15, -0.1) is 0 Å². The summed E-state index contributed by atoms with van der Waals surface area (Å²) in [5.41, 5.74) is 5.75. The average molecular weight is 535 g/mol. The molecule has 40 heavy (non-hydrogen) atoms. The third-order valence-electron chi connectivity index (χ3n) is 7.03. The fourth-order valence-corrected chi connectivity index (χ4v) is 4.72. The van der Waals surface area contributed by atoms with Gasteiger partial charge in [0.2, 0.25) is 0 Å². The number of carbonyl (C=O) groups is 1. The second kappa shape index (κ2) is 12.7. The summed E-state index contributed by atoms with van der Waals surface area (Å²) in [6, 6.07) is 34.6. The number of benzene rings is 4. The smallest absolute Gasteiger partial charge is 0.333 e. The highest BCUT2D eigenvalue weighted by Gasteiger charge is 2.28. The molecule has 0 aliphatic heterocycles. The number of hydrogen-bond acceptors (Lipinski definition) is 4. The number of rotatable bonds is 11. The van der Waals surface area contributed by atoms with Gasteiger partial charge < -0.3 is 14.2 Å². The molecule has 0 fully saturated rings. The quantitative estimate of drug-likeness (QED) is 0.110. The largest absolute Gasteiger partial charge is 0.454 e. The van der Waals surface area contributed by atoms with Gasteiger partial charge in [-0.05, 0) is 53.3 Å². The third kappa shape index (κ3) is 6.81. The second-order valence-electron chi connectivity index (χ2n) is 10.8. The fraction of sp³-hybridized carbons (Fsp3) is 0.250. The molecule has 0 N–H and O–H groups in total. The van der Waals surface area contributed by atoms with E-state index in [0.29, 0.717) is 23.0 Å². The Labute approximate surface area is 238 Å². The topological polar surface area (TPSA) is 44.8 Å². The van der Waals surface area contributed by atoms with Crippen LogP contribution in [0.3, 0.4) is 0 Å². The van der Waals surface area contributed by atoms with Crippen LogP contribution in [0.15, 0.2) is 115 Å². The molecule has 0 aromatic heterocycles. The van der Waals surface area contributed by atoms with Gasteiger partial charge in [0, 0.05) is 16.6 Å². The standard InChI is InChI=1S/C36H38O4/c1-25(2)30-16-10-11-17-31(30)27-20-22-29(23-21-27)39-34(24-38-35(37)26(3)4)40-33-19-13-12-18-32(33)36(5,6)28-14-8-7-9-15-28/h7-23,25,34H,3,24H2,1-2,4-6H3. The minimum absolute atomic E-state index is 0.0935. The van der Waals surface area contributed by atoms with Gasteiger partial charge >= 0.3 is 5.97 Å². The summed E-state index contributed by atoms with van der Waals surface area (Å²) in [7, 11) is 0. The minimum atomic E-state index is -0.871. The van der Waals surface area contributed by atoms with Gasteiger partial charge in [-0.1, -0.05) is 119 Å². The lowest BCUT2D eigenvalue weighted by Crippen LogP contribution is -2.32. The highest BCUT2D eigenvalue weighted by Crippen LogP contribution is 2.38. The molecule has 0 amide bonds. The monoisotopic (exact) mass is 534 g/mol. The van der Waals surface area contributed by atoms with Crippen LogP contribution in [-0.2, 0) is 14.9 Å². The lowest BCUT2D eigenvalue weighted by molar-refractivity contribution is -0.147. The van der Waals surface area contributed by atoms with Crippen LogP contribution in [0.5, 0.6) is 11.5 Å². The first-order valence-electron chi connectivity index (χ1n) is 13.7. The Morgan fingerprint density at radius 2 is 1.43 bits per heavy atom. The second-order valence-corrected chi connectivity index (χ2v) is 10.8. The van der Waals surface area contributed by atoms with Crippen molar-refractivity contribution >= 4 is 5.97 Å². The molecule has 0 aliphatic rings. The summed E-state index contributed by atoms with van der Waals surface area (Å²) in [5, 5.41) is 0. The molecule has 0 spiro atoms. The fourth-order valence-electron chi connectivity index (χ4n) is 4.72. The number of para-hydroxylation sites is 1. The molecule has 1 unspecified atom stereocenters. The first-order valence-corrected chi connectivity index (χ1v) is 13.7. The molecule has 4 heteroatoms. The zero-order chi connectivity index (χ0) is 28.7. The number of ether oxygens (including phenoxy) is 3. The summed E-state index contributed by atoms with van der Waals surface area (Å²) >= 11 is 0. The van der Waals surface area contributed by atoms with Crippen molar-refractivity contribution in [2.45, 2.75) is 52.2 Å². The van der Waals surface area contributed by atoms with Crippen LogP contribution in [0, 0.1) is 0 Å². The van der Waals surface area contributed by atoms with Crippen LogP contribution in [-0.4, -0.2) is 18.9 Å². The van der Waals surface area contributed by atoms with Gasteiger partial charge in [-0.25, -0.2) is 4.79 Å². The molecule has 4 nitrogen and oxygen atoms in total. The van der Waals surface area contributed by atoms with E-state index in [2.05, 4.69) is 76.7 Å². The number of carbonyl (C=O) groups excluding carboxylic acids is 1. The van der Waals surface area contributed by atoms with E-state index in [1.807, 2.05) is 60.7 Å². The zero-order valence-electron chi connectivity index (χ0n) is 24.0. The Hall–Kier alpha value is -4.31. The van der Waals surface area contributed by atoms with Crippen molar-refractivity contribution in [1.29, 1.82) is 0 Å². The lowest BCUT2D eigenvalue weighted by atomic mass is 9.78. The normalized spacial score (nSPS) is 12.1. The average Bonchev–Trinajstić information content (AvgIpc) is 2.96. The van der Waals surface area contributed by atoms with E-state index in [1.54, 1.807) is 6.92 Å². The predicted molar refractivity (Wildman–Crippen MR) is 162 cm³/mol. The molecular formula is C36H38O4. The third-order valence-corrected chi connectivity index (χ3v) is 7.03. The highest BCUT2D eigenvalue weighted by molar-refractivity contribution is 5.86. The summed E-state index contributed by atoms with van der Waals surface area (Å²) in [5.74, 6) is 1.20. The van der Waals surface area contributed by atoms with Crippen molar-refractivity contribution in [2.75, 3.05) is 6.61 Å². The molecule has 0 heterocycles. The first-order chi connectivity index (χ1) is 19.2. The SMILES string of the molecule is C=C(C)C(=O)OCC(Oc1ccc(-c2ccccc2C(C)C)cc1)Oc1ccccc1C(C)(C)c1ccccc1. The maximum atomic E-state index is 12.2. The van der Waals surface area contributed by atoms with Crippen LogP contribution in [0.2, 0.25) is 0 Å². The minimum Gasteiger partial charge on any atom is -0.454 e. The van der Waals surface area contributed by atoms with Crippen molar-refractivity contribution in [1.82, 2.24) is 0 Å². The zero-order valence-corrected chi connectivity index (χ0v) is 24.0. The molecular weight excluding hydrogens is 496 g/mol. The maximum absolute atomic E-state index is 12.2. The van der Waals surface area contributed by atoms with Gasteiger partial charge in [0.1, 0.15) is 11.5 Å². The van der Waals surface area contributed by atoms with Gasteiger partial charge in [0.25, 0.3) is 6.29 Å². The predicted octanol–water partition coefficient (Wildman–Crippen LogP) is 8.71. The van der Waals surface area contributed by atoms with Gasteiger partial charge in [-0.3, -0.25) is 0 Å². The van der Waals surface area contributed by atoms with E-state index < -0.39 is 12.3 Å². The van der Waals surface area contributed by atoms with Crippen LogP contribution in [0.25, 0.3) is 11.1 Å². The summed E-state index contributed by atoms with van der Waals surface area (Å²) in [6.45, 7) is 13.9. The van der Waals surface area contributed by atoms with E-state index in [1.165, 1.54) is 11.1 Å². The van der Waals surface area contributed by atoms with Crippen molar-refractivity contribution in [3.8, 4) is 22.6 Å². The molecule has 4 aromatic rings. The molecule has 0 radical (unpaired) electrons. The Balaban J connectivity index is 1.61. The van der Waals surface area contributed by atoms with Crippen molar-refractivity contribution in [2.24, 2.45) is 0 Å². The summed E-state index contributed by atoms with van der Waals surface area (Å²) < 4.78 is 18.2. The Kier molecular flexibility index (Phi) is 9.11. The van der Waals surface area contributed by atoms with Crippen molar-refractivity contribution in [3.05, 3.63) is 132 Å². The van der Waals surface area contributed by atoms with E-state index in [-0.39, 0.29) is 12.0 Å². The van der Waals surface area contributed by atoms with Crippen LogP contribution in [0.1, 0.15) is 57.2 Å². The number of hydrogen-bond donors (Lipinski definition) is 0. The number of esters is 1. The van der Waals surface area contributed by atoms with Crippen LogP contribution < -0.4 is 9.47 Å². The molecule has 4 aromatic carbocycles. The molecule has 206 valence electrons. The van der Waals surface area contributed by atoms with Crippen LogP contribution >= 0.6 is 0 Å². The van der Waals surface area contributed by atoms with E-state index in [0.717, 1.165) is 16.7 Å². The van der Waals surface area contributed by atoms with Gasteiger partial charge in [0.15, 0.2) is 6.61 Å². The van der Waals surface area contributed by atoms with Crippen molar-refractivity contribution < 1.29 is 19.0 Å². The molecule has 4 rings (SSSR count). The van der Waals surface area contributed by atoms with Crippen molar-refractivity contribution in [3.63, 3.8) is 0 Å². The first kappa shape index (κ1) is 28.7. The van der Waals surface area contributed by atoms with Crippen LogP contribution in [0.4, 0.5) is 0 Å². The Morgan fingerprint density at radius 3 is 2.10 bits per heavy atom. The van der Waals surface area contributed by atoms with E-state index in [9.17, 15) is 4.79 Å². The summed E-state index contributed by atoms with van der Waals surface area (Å²) in [6.07, 6.45) is -0.871. The molecule has 0 saturated carbocycles. The Morgan fingerprint density at radius 1 is 0.800 bits per heavy atom. The highest BCUT2D eigenvalue weighted by atomic mass is 16.7. The molecule has 1 atom stereocenters. The molecule has 0 saturated heterocycles. The molecule has 0 aliphatic carbocycles. The van der Waals surface area contributed by atoms with Gasteiger partial charge in [-0.2, -0.15) is 0 Å². The summed E-state index contributed by atoms with van der Waals surface area (Å²) in [4.78, 5) is 12.2. The Bertz CT molecular complexity index is 1440.